The van der Waals surface area contributed by atoms with Crippen LogP contribution in [0.4, 0.5) is 0 Å². The molecule has 1 heterocycles. The van der Waals surface area contributed by atoms with E-state index in [9.17, 15) is 0 Å². The third-order valence-electron chi connectivity index (χ3n) is 3.50. The average molecular weight is 251 g/mol. The fraction of sp³-hybridized carbons (Fsp3) is 0.867. The Hall–Kier alpha value is -0.860. The van der Waals surface area contributed by atoms with Gasteiger partial charge < -0.3 is 0 Å². The highest BCUT2D eigenvalue weighted by atomic mass is 15.4. The standard InChI is InChI=1S/C15H29N3/c1-5-14(4)11-18-12-15(16-17-18)10-8-6-7-9-13(2)3/h12-14H,5-11H2,1-4H3. The third-order valence-corrected chi connectivity index (χ3v) is 3.50. The Balaban J connectivity index is 2.19. The smallest absolute Gasteiger partial charge is 0.0827 e. The molecule has 0 aliphatic heterocycles. The fourth-order valence-electron chi connectivity index (χ4n) is 2.03. The lowest BCUT2D eigenvalue weighted by Crippen LogP contribution is -2.07. The molecule has 0 aliphatic rings. The normalized spacial score (nSPS) is 13.2. The summed E-state index contributed by atoms with van der Waals surface area (Å²) in [7, 11) is 0. The van der Waals surface area contributed by atoms with Gasteiger partial charge in [0.1, 0.15) is 0 Å². The summed E-state index contributed by atoms with van der Waals surface area (Å²) in [6.45, 7) is 10.1. The number of aryl methyl sites for hydroxylation is 1. The van der Waals surface area contributed by atoms with Crippen LogP contribution in [0.25, 0.3) is 0 Å². The van der Waals surface area contributed by atoms with E-state index in [2.05, 4.69) is 44.2 Å². The molecular weight excluding hydrogens is 222 g/mol. The van der Waals surface area contributed by atoms with E-state index >= 15 is 0 Å². The number of unbranched alkanes of at least 4 members (excludes halogenated alkanes) is 2. The highest BCUT2D eigenvalue weighted by Gasteiger charge is 2.04. The maximum atomic E-state index is 4.25. The van der Waals surface area contributed by atoms with Crippen LogP contribution in [0.2, 0.25) is 0 Å². The van der Waals surface area contributed by atoms with Gasteiger partial charge in [-0.2, -0.15) is 0 Å². The topological polar surface area (TPSA) is 30.7 Å². The molecule has 0 aromatic carbocycles. The zero-order valence-corrected chi connectivity index (χ0v) is 12.5. The maximum absolute atomic E-state index is 4.25. The molecule has 1 atom stereocenters. The summed E-state index contributed by atoms with van der Waals surface area (Å²) in [6.07, 6.45) is 9.65. The van der Waals surface area contributed by atoms with Crippen molar-refractivity contribution >= 4 is 0 Å². The Bertz CT molecular complexity index is 317. The van der Waals surface area contributed by atoms with Crippen LogP contribution in [-0.2, 0) is 13.0 Å². The number of aromatic nitrogens is 3. The molecule has 0 spiro atoms. The Labute approximate surface area is 112 Å². The first-order valence-corrected chi connectivity index (χ1v) is 7.50. The van der Waals surface area contributed by atoms with Crippen molar-refractivity contribution in [1.82, 2.24) is 15.0 Å². The van der Waals surface area contributed by atoms with Crippen molar-refractivity contribution in [2.75, 3.05) is 0 Å². The molecule has 1 rings (SSSR count). The molecule has 0 saturated carbocycles. The van der Waals surface area contributed by atoms with Gasteiger partial charge >= 0.3 is 0 Å². The molecule has 0 N–H and O–H groups in total. The Morgan fingerprint density at radius 1 is 1.17 bits per heavy atom. The minimum atomic E-state index is 0.686. The fourth-order valence-corrected chi connectivity index (χ4v) is 2.03. The quantitative estimate of drug-likeness (QED) is 0.619. The van der Waals surface area contributed by atoms with E-state index in [0.29, 0.717) is 5.92 Å². The summed E-state index contributed by atoms with van der Waals surface area (Å²) in [5.74, 6) is 1.52. The van der Waals surface area contributed by atoms with Crippen LogP contribution in [0, 0.1) is 11.8 Å². The van der Waals surface area contributed by atoms with Crippen LogP contribution in [0.1, 0.15) is 65.5 Å². The minimum absolute atomic E-state index is 0.686. The van der Waals surface area contributed by atoms with Gasteiger partial charge in [-0.15, -0.1) is 5.10 Å². The molecule has 3 nitrogen and oxygen atoms in total. The van der Waals surface area contributed by atoms with Crippen LogP contribution in [-0.4, -0.2) is 15.0 Å². The molecule has 0 radical (unpaired) electrons. The molecule has 1 aromatic heterocycles. The third kappa shape index (κ3) is 6.18. The molecule has 3 heteroatoms. The van der Waals surface area contributed by atoms with Gasteiger partial charge in [0.25, 0.3) is 0 Å². The van der Waals surface area contributed by atoms with E-state index in [-0.39, 0.29) is 0 Å². The van der Waals surface area contributed by atoms with E-state index < -0.39 is 0 Å². The van der Waals surface area contributed by atoms with Gasteiger partial charge in [0.15, 0.2) is 0 Å². The molecular formula is C15H29N3. The van der Waals surface area contributed by atoms with Crippen LogP contribution < -0.4 is 0 Å². The molecule has 1 aromatic rings. The van der Waals surface area contributed by atoms with Gasteiger partial charge in [-0.25, -0.2) is 0 Å². The number of nitrogens with zero attached hydrogens (tertiary/aromatic N) is 3. The van der Waals surface area contributed by atoms with Crippen molar-refractivity contribution in [2.24, 2.45) is 11.8 Å². The molecule has 104 valence electrons. The largest absolute Gasteiger partial charge is 0.252 e. The Morgan fingerprint density at radius 2 is 1.94 bits per heavy atom. The van der Waals surface area contributed by atoms with Gasteiger partial charge in [-0.1, -0.05) is 58.6 Å². The van der Waals surface area contributed by atoms with Crippen LogP contribution in [0.5, 0.6) is 0 Å². The second-order valence-corrected chi connectivity index (χ2v) is 5.94. The summed E-state index contributed by atoms with van der Waals surface area (Å²) in [5.41, 5.74) is 1.16. The van der Waals surface area contributed by atoms with Crippen molar-refractivity contribution in [3.8, 4) is 0 Å². The van der Waals surface area contributed by atoms with E-state index in [1.54, 1.807) is 0 Å². The maximum Gasteiger partial charge on any atom is 0.0827 e. The average Bonchev–Trinajstić information content (AvgIpc) is 2.75. The minimum Gasteiger partial charge on any atom is -0.252 e. The van der Waals surface area contributed by atoms with Crippen molar-refractivity contribution in [2.45, 2.75) is 72.8 Å². The Kier molecular flexibility index (Phi) is 6.99. The van der Waals surface area contributed by atoms with Gasteiger partial charge in [0.2, 0.25) is 0 Å². The monoisotopic (exact) mass is 251 g/mol. The van der Waals surface area contributed by atoms with Gasteiger partial charge in [-0.05, 0) is 24.7 Å². The number of hydrogen-bond acceptors (Lipinski definition) is 2. The van der Waals surface area contributed by atoms with Crippen molar-refractivity contribution < 1.29 is 0 Å². The highest BCUT2D eigenvalue weighted by Crippen LogP contribution is 2.10. The van der Waals surface area contributed by atoms with E-state index in [1.165, 1.54) is 32.1 Å². The highest BCUT2D eigenvalue weighted by molar-refractivity contribution is 4.92. The van der Waals surface area contributed by atoms with E-state index in [1.807, 2.05) is 4.68 Å². The molecule has 0 saturated heterocycles. The first kappa shape index (κ1) is 15.2. The van der Waals surface area contributed by atoms with E-state index in [0.717, 1.165) is 24.6 Å². The van der Waals surface area contributed by atoms with Crippen LogP contribution in [0.15, 0.2) is 6.20 Å². The predicted octanol–water partition coefficient (Wildman–Crippen LogP) is 4.08. The zero-order chi connectivity index (χ0) is 13.4. The molecule has 0 aliphatic carbocycles. The van der Waals surface area contributed by atoms with Gasteiger partial charge in [0, 0.05) is 12.7 Å². The summed E-state index contributed by atoms with van der Waals surface area (Å²) in [6, 6.07) is 0. The predicted molar refractivity (Wildman–Crippen MR) is 76.5 cm³/mol. The summed E-state index contributed by atoms with van der Waals surface area (Å²) in [5, 5.41) is 8.45. The second-order valence-electron chi connectivity index (χ2n) is 5.94. The van der Waals surface area contributed by atoms with Crippen molar-refractivity contribution in [3.05, 3.63) is 11.9 Å². The van der Waals surface area contributed by atoms with Crippen molar-refractivity contribution in [1.29, 1.82) is 0 Å². The number of hydrogen-bond donors (Lipinski definition) is 0. The molecule has 18 heavy (non-hydrogen) atoms. The summed E-state index contributed by atoms with van der Waals surface area (Å²) < 4.78 is 2.00. The zero-order valence-electron chi connectivity index (χ0n) is 12.5. The lowest BCUT2D eigenvalue weighted by molar-refractivity contribution is 0.431. The molecule has 0 amide bonds. The first-order valence-electron chi connectivity index (χ1n) is 7.50. The van der Waals surface area contributed by atoms with Gasteiger partial charge in [-0.3, -0.25) is 4.68 Å². The Morgan fingerprint density at radius 3 is 2.61 bits per heavy atom. The lowest BCUT2D eigenvalue weighted by atomic mass is 10.0. The number of rotatable bonds is 9. The van der Waals surface area contributed by atoms with Crippen LogP contribution >= 0.6 is 0 Å². The molecule has 0 bridgehead atoms. The van der Waals surface area contributed by atoms with Gasteiger partial charge in [0.05, 0.1) is 5.69 Å². The second kappa shape index (κ2) is 8.28. The molecule has 0 fully saturated rings. The summed E-state index contributed by atoms with van der Waals surface area (Å²) in [4.78, 5) is 0. The first-order chi connectivity index (χ1) is 8.61. The van der Waals surface area contributed by atoms with Crippen LogP contribution in [0.3, 0.4) is 0 Å². The lowest BCUT2D eigenvalue weighted by Gasteiger charge is -2.06. The summed E-state index contributed by atoms with van der Waals surface area (Å²) >= 11 is 0. The van der Waals surface area contributed by atoms with Crippen molar-refractivity contribution in [3.63, 3.8) is 0 Å². The van der Waals surface area contributed by atoms with E-state index in [4.69, 9.17) is 0 Å². The SMILES string of the molecule is CCC(C)Cn1cc(CCCCCC(C)C)nn1. The molecule has 1 unspecified atom stereocenters.